The first-order chi connectivity index (χ1) is 70.7. The van der Waals surface area contributed by atoms with Gasteiger partial charge >= 0.3 is 0 Å². The summed E-state index contributed by atoms with van der Waals surface area (Å²) < 4.78 is 7.09. The molecule has 0 aliphatic carbocycles. The molecule has 0 spiro atoms. The maximum atomic E-state index is 5.18. The van der Waals surface area contributed by atoms with Gasteiger partial charge in [0, 0.05) is 92.8 Å². The number of rotatable bonds is 11. The van der Waals surface area contributed by atoms with Gasteiger partial charge in [0.15, 0.2) is 0 Å². The van der Waals surface area contributed by atoms with E-state index in [0.717, 1.165) is 99.3 Å². The molecule has 0 fully saturated rings. The first-order valence-corrected chi connectivity index (χ1v) is 48.8. The first-order valence-electron chi connectivity index (χ1n) is 48.8. The van der Waals surface area contributed by atoms with Gasteiger partial charge in [0.05, 0.1) is 101 Å². The summed E-state index contributed by atoms with van der Waals surface area (Å²) in [7, 11) is 0. The van der Waals surface area contributed by atoms with Crippen molar-refractivity contribution < 1.29 is 0 Å². The van der Waals surface area contributed by atoms with Crippen LogP contribution < -0.4 is 0 Å². The van der Waals surface area contributed by atoms with Gasteiger partial charge in [0.2, 0.25) is 0 Å². The van der Waals surface area contributed by atoms with Gasteiger partial charge in [-0.2, -0.15) is 0 Å². The van der Waals surface area contributed by atoms with Crippen molar-refractivity contribution in [3.05, 3.63) is 503 Å². The van der Waals surface area contributed by atoms with Crippen molar-refractivity contribution >= 4 is 163 Å². The third-order valence-electron chi connectivity index (χ3n) is 28.9. The van der Waals surface area contributed by atoms with E-state index in [9.17, 15) is 0 Å². The number of fused-ring (bicyclic) bond motifs is 27. The van der Waals surface area contributed by atoms with Crippen LogP contribution >= 0.6 is 0 Å². The zero-order chi connectivity index (χ0) is 94.7. The van der Waals surface area contributed by atoms with Gasteiger partial charge < -0.3 is 13.7 Å². The Morgan fingerprint density at radius 3 is 0.657 bits per heavy atom. The van der Waals surface area contributed by atoms with Crippen LogP contribution in [0.1, 0.15) is 11.4 Å². The minimum Gasteiger partial charge on any atom is -0.309 e. The van der Waals surface area contributed by atoms with Gasteiger partial charge in [-0.25, -0.2) is 19.9 Å². The molecule has 6 heterocycles. The first kappa shape index (κ1) is 83.4. The number of para-hydroxylation sites is 6. The Labute approximate surface area is 824 Å². The SMILES string of the molecule is Cc1nc2c3ccccc3c3cc(-c4cccc(-c5ccc6c(c5)c5ccccc5n6-c5ccccc5)c4)ccc3c2nc1C.c1ccc(-c2cnc3c4ccc(-c5cccc(-c6ccc7c(c6)c6ccccc6n7-c6ccccc6)c5)cc4c4ccccc4c3n2)cc1.c1ccc(-c2cnc3c4ccccc4c4cc(-c5cccc(-c6ccc7c(c6)c6ccccc6n7-c6ccccc6)c5)ccc4c3n2)cc1. The predicted octanol–water partition coefficient (Wildman–Crippen LogP) is 35.1. The Bertz CT molecular complexity index is 10200. The zero-order valence-electron chi connectivity index (χ0n) is 78.3. The second kappa shape index (κ2) is 34.6. The molecule has 0 saturated heterocycles. The van der Waals surface area contributed by atoms with Gasteiger partial charge in [-0.3, -0.25) is 9.97 Å². The van der Waals surface area contributed by atoms with Crippen LogP contribution in [0.4, 0.5) is 0 Å². The molecule has 0 amide bonds. The van der Waals surface area contributed by atoms with Crippen LogP contribution in [-0.4, -0.2) is 43.6 Å². The molecule has 0 aliphatic heterocycles. The minimum atomic E-state index is 0.880. The fourth-order valence-electron chi connectivity index (χ4n) is 21.9. The van der Waals surface area contributed by atoms with Crippen molar-refractivity contribution in [2.75, 3.05) is 0 Å². The van der Waals surface area contributed by atoms with Crippen molar-refractivity contribution in [1.82, 2.24) is 43.6 Å². The van der Waals surface area contributed by atoms with Gasteiger partial charge in [-0.05, 0) is 240 Å². The Morgan fingerprint density at radius 1 is 0.140 bits per heavy atom. The van der Waals surface area contributed by atoms with E-state index in [-0.39, 0.29) is 0 Å². The maximum absolute atomic E-state index is 5.18. The molecular weight excluding hydrogens is 1740 g/mol. The molecule has 0 aliphatic rings. The van der Waals surface area contributed by atoms with Gasteiger partial charge in [-0.1, -0.05) is 352 Å². The lowest BCUT2D eigenvalue weighted by Crippen LogP contribution is -1.96. The molecule has 29 rings (SSSR count). The number of nitrogens with zero attached hydrogens (tertiary/aromatic N) is 9. The predicted molar refractivity (Wildman–Crippen MR) is 600 cm³/mol. The lowest BCUT2D eigenvalue weighted by Gasteiger charge is -2.13. The van der Waals surface area contributed by atoms with Crippen LogP contribution in [0.3, 0.4) is 0 Å². The molecule has 0 atom stereocenters. The summed E-state index contributed by atoms with van der Waals surface area (Å²) in [5, 5.41) is 21.4. The normalized spacial score (nSPS) is 11.7. The summed E-state index contributed by atoms with van der Waals surface area (Å²) >= 11 is 0. The smallest absolute Gasteiger partial charge is 0.0979 e. The highest BCUT2D eigenvalue weighted by Gasteiger charge is 2.23. The number of aromatic nitrogens is 9. The molecule has 0 radical (unpaired) electrons. The number of aryl methyl sites for hydroxylation is 2. The summed E-state index contributed by atoms with van der Waals surface area (Å²) in [6.45, 7) is 4.08. The molecule has 668 valence electrons. The van der Waals surface area contributed by atoms with Crippen LogP contribution in [0.2, 0.25) is 0 Å². The van der Waals surface area contributed by atoms with E-state index in [1.54, 1.807) is 0 Å². The summed E-state index contributed by atoms with van der Waals surface area (Å²) in [6, 6.07) is 172. The highest BCUT2D eigenvalue weighted by molar-refractivity contribution is 6.27. The molecule has 29 aromatic rings. The molecule has 9 nitrogen and oxygen atoms in total. The van der Waals surface area contributed by atoms with Crippen molar-refractivity contribution in [3.63, 3.8) is 0 Å². The summed E-state index contributed by atoms with van der Waals surface area (Å²) in [4.78, 5) is 30.3. The molecule has 0 bridgehead atoms. The second-order valence-electron chi connectivity index (χ2n) is 37.1. The van der Waals surface area contributed by atoms with E-state index in [1.165, 1.54) is 182 Å². The van der Waals surface area contributed by atoms with E-state index >= 15 is 0 Å². The van der Waals surface area contributed by atoms with Crippen LogP contribution in [0.5, 0.6) is 0 Å². The second-order valence-corrected chi connectivity index (χ2v) is 37.1. The Kier molecular flexibility index (Phi) is 20.2. The van der Waals surface area contributed by atoms with Crippen molar-refractivity contribution in [2.24, 2.45) is 0 Å². The lowest BCUT2D eigenvalue weighted by atomic mass is 9.94. The van der Waals surface area contributed by atoms with Gasteiger partial charge in [0.1, 0.15) is 0 Å². The fourth-order valence-corrected chi connectivity index (χ4v) is 21.9. The van der Waals surface area contributed by atoms with Crippen LogP contribution in [-0.2, 0) is 0 Å². The molecule has 143 heavy (non-hydrogen) atoms. The minimum absolute atomic E-state index is 0.880. The number of hydrogen-bond acceptors (Lipinski definition) is 6. The Balaban J connectivity index is 0.000000107. The average molecular weight is 1820 g/mol. The lowest BCUT2D eigenvalue weighted by molar-refractivity contribution is 1.11. The van der Waals surface area contributed by atoms with Crippen molar-refractivity contribution in [3.8, 4) is 106 Å². The molecule has 6 aromatic heterocycles. The quantitative estimate of drug-likeness (QED) is 0.120. The molecule has 0 N–H and O–H groups in total. The molecule has 0 saturated carbocycles. The van der Waals surface area contributed by atoms with E-state index in [4.69, 9.17) is 29.9 Å². The molecule has 9 heteroatoms. The highest BCUT2D eigenvalue weighted by Crippen LogP contribution is 2.46. The summed E-state index contributed by atoms with van der Waals surface area (Å²) in [5.41, 5.74) is 36.6. The van der Waals surface area contributed by atoms with Gasteiger partial charge in [0.25, 0.3) is 0 Å². The molecular formula is C134H87N9. The van der Waals surface area contributed by atoms with Crippen LogP contribution in [0.15, 0.2) is 492 Å². The third kappa shape index (κ3) is 14.5. The number of hydrogen-bond donors (Lipinski definition) is 0. The van der Waals surface area contributed by atoms with Crippen LogP contribution in [0.25, 0.3) is 269 Å². The van der Waals surface area contributed by atoms with E-state index in [0.29, 0.717) is 0 Å². The van der Waals surface area contributed by atoms with E-state index in [1.807, 2.05) is 62.6 Å². The van der Waals surface area contributed by atoms with Crippen molar-refractivity contribution in [2.45, 2.75) is 13.8 Å². The molecule has 23 aromatic carbocycles. The largest absolute Gasteiger partial charge is 0.309 e. The van der Waals surface area contributed by atoms with E-state index in [2.05, 4.69) is 457 Å². The number of benzene rings is 23. The topological polar surface area (TPSA) is 92.1 Å². The average Bonchev–Trinajstić information content (AvgIpc) is 1.53. The Hall–Kier alpha value is -19.0. The van der Waals surface area contributed by atoms with Gasteiger partial charge in [-0.15, -0.1) is 0 Å². The standard InChI is InChI=1S/2C46H29N3.C42H29N3/c1-3-12-30(13-4-1)42-29-47-45-39-24-22-33(27-40(39)36-18-7-8-20-38(36)46(45)48-42)31-14-11-15-32(26-31)34-23-25-44-41(28-34)37-19-9-10-21-43(37)49(44)35-16-5-2-6-17-35;1-3-12-30(13-4-1)42-29-47-45-38-20-8-7-18-36(38)40-27-33(22-24-39(40)46(45)48-42)31-14-11-15-32(26-31)34-23-25-44-41(28-34)37-19-9-10-21-43(37)49(44)35-16-5-2-6-17-35;1-26-27(2)44-42-36-21-19-30(24-37(36)33-15-6-7-17-35(33)41(42)43-26)28-11-10-12-29(23-28)31-20-22-40-38(25-31)34-16-8-9-18-39(34)45(40)32-13-4-3-5-14-32/h2*1-29H;3-25H,1-2H3. The summed E-state index contributed by atoms with van der Waals surface area (Å²) in [5.74, 6) is 0. The van der Waals surface area contributed by atoms with Crippen LogP contribution in [0, 0.1) is 13.8 Å². The summed E-state index contributed by atoms with van der Waals surface area (Å²) in [6.07, 6.45) is 3.80. The monoisotopic (exact) mass is 1820 g/mol. The van der Waals surface area contributed by atoms with E-state index < -0.39 is 0 Å². The maximum Gasteiger partial charge on any atom is 0.0979 e. The third-order valence-corrected chi connectivity index (χ3v) is 28.9. The molecule has 0 unspecified atom stereocenters. The Morgan fingerprint density at radius 2 is 0.350 bits per heavy atom. The highest BCUT2D eigenvalue weighted by atomic mass is 15.0. The zero-order valence-corrected chi connectivity index (χ0v) is 78.3. The van der Waals surface area contributed by atoms with Crippen molar-refractivity contribution in [1.29, 1.82) is 0 Å². The fraction of sp³-hybridized carbons (Fsp3) is 0.0149.